The van der Waals surface area contributed by atoms with Gasteiger partial charge >= 0.3 is 220 Å². The molecule has 0 aliphatic carbocycles. The number of allylic oxidation sites excluding steroid dienone is 1. The number of methoxy groups -OCH3 is 1. The first-order valence-electron chi connectivity index (χ1n) is 11.5. The summed E-state index contributed by atoms with van der Waals surface area (Å²) >= 11 is -0.200. The van der Waals surface area contributed by atoms with E-state index in [1.165, 1.54) is 0 Å². The normalized spacial score (nSPS) is 14.8. The van der Waals surface area contributed by atoms with Crippen LogP contribution >= 0.6 is 0 Å². The van der Waals surface area contributed by atoms with Crippen LogP contribution in [0.3, 0.4) is 0 Å². The van der Waals surface area contributed by atoms with Crippen LogP contribution in [0.2, 0.25) is 0 Å². The molecule has 4 aromatic rings. The van der Waals surface area contributed by atoms with Gasteiger partial charge in [-0.2, -0.15) is 0 Å². The molecule has 5 rings (SSSR count). The van der Waals surface area contributed by atoms with Crippen LogP contribution in [0.1, 0.15) is 19.2 Å². The average Bonchev–Trinajstić information content (AvgIpc) is 3.41. The van der Waals surface area contributed by atoms with E-state index in [1.54, 1.807) is 12.0 Å². The van der Waals surface area contributed by atoms with Crippen molar-refractivity contribution in [3.63, 3.8) is 0 Å². The van der Waals surface area contributed by atoms with E-state index in [0.717, 1.165) is 36.6 Å². The van der Waals surface area contributed by atoms with Gasteiger partial charge in [0.05, 0.1) is 0 Å². The second kappa shape index (κ2) is 9.83. The summed E-state index contributed by atoms with van der Waals surface area (Å²) < 4.78 is 47.7. The number of fused-ring (bicyclic) bond motifs is 4. The molecule has 192 valence electrons. The van der Waals surface area contributed by atoms with Gasteiger partial charge in [0.2, 0.25) is 0 Å². The van der Waals surface area contributed by atoms with Crippen LogP contribution in [0.25, 0.3) is 27.4 Å². The number of rotatable bonds is 8. The molecule has 0 bridgehead atoms. The van der Waals surface area contributed by atoms with E-state index in [1.807, 2.05) is 66.1 Å². The first-order valence-corrected chi connectivity index (χ1v) is 14.8. The fourth-order valence-corrected chi connectivity index (χ4v) is 7.47. The van der Waals surface area contributed by atoms with Gasteiger partial charge in [0.15, 0.2) is 0 Å². The third kappa shape index (κ3) is 4.95. The van der Waals surface area contributed by atoms with Gasteiger partial charge in [-0.15, -0.1) is 0 Å². The number of anilines is 1. The Balaban J connectivity index is 1.70. The molecule has 3 aromatic carbocycles. The van der Waals surface area contributed by atoms with E-state index in [0.29, 0.717) is 17.2 Å². The summed E-state index contributed by atoms with van der Waals surface area (Å²) in [7, 11) is -2.56. The number of hydrogen-bond donors (Lipinski definition) is 2. The first kappa shape index (κ1) is 25.3. The van der Waals surface area contributed by atoms with E-state index in [-0.39, 0.29) is 40.2 Å². The minimum atomic E-state index is -4.13. The second-order valence-corrected chi connectivity index (χ2v) is 12.4. The molecular weight excluding hydrogens is 563 g/mol. The van der Waals surface area contributed by atoms with Gasteiger partial charge in [-0.25, -0.2) is 0 Å². The van der Waals surface area contributed by atoms with Crippen LogP contribution in [-0.4, -0.2) is 58.4 Å². The SMILES string of the molecule is COc1ccc2c(c1)N(CC(=O)O)C(=C(C)c1oc3ccc4ccccc4c3[n+]1CCCS(=O)(=O)O)[Se]2. The number of carboxylic acid groups (broad SMARTS) is 1. The van der Waals surface area contributed by atoms with Gasteiger partial charge in [0.25, 0.3) is 0 Å². The Bertz CT molecular complexity index is 1680. The molecule has 2 heterocycles. The molecule has 0 saturated carbocycles. The quantitative estimate of drug-likeness (QED) is 0.183. The van der Waals surface area contributed by atoms with Gasteiger partial charge in [-0.3, -0.25) is 0 Å². The number of benzene rings is 3. The van der Waals surface area contributed by atoms with Crippen molar-refractivity contribution < 1.29 is 36.6 Å². The minimum absolute atomic E-state index is 0.179. The van der Waals surface area contributed by atoms with Crippen LogP contribution in [0.5, 0.6) is 5.75 Å². The Labute approximate surface area is 219 Å². The number of hydrogen-bond acceptors (Lipinski definition) is 6. The summed E-state index contributed by atoms with van der Waals surface area (Å²) in [6, 6.07) is 17.4. The van der Waals surface area contributed by atoms with Crippen LogP contribution in [-0.2, 0) is 21.5 Å². The third-order valence-corrected chi connectivity index (χ3v) is 9.71. The van der Waals surface area contributed by atoms with Crippen LogP contribution in [0.4, 0.5) is 5.69 Å². The number of aryl methyl sites for hydroxylation is 1. The Kier molecular flexibility index (Phi) is 6.72. The summed E-state index contributed by atoms with van der Waals surface area (Å²) in [6.45, 7) is 1.96. The van der Waals surface area contributed by atoms with Crippen molar-refractivity contribution in [2.24, 2.45) is 0 Å². The summed E-state index contributed by atoms with van der Waals surface area (Å²) in [5.74, 6) is -0.186. The Hall–Kier alpha value is -3.37. The van der Waals surface area contributed by atoms with Crippen molar-refractivity contribution in [3.05, 3.63) is 65.1 Å². The van der Waals surface area contributed by atoms with E-state index < -0.39 is 16.1 Å². The molecule has 37 heavy (non-hydrogen) atoms. The maximum atomic E-state index is 11.8. The Morgan fingerprint density at radius 3 is 2.68 bits per heavy atom. The van der Waals surface area contributed by atoms with E-state index >= 15 is 0 Å². The second-order valence-electron chi connectivity index (χ2n) is 8.68. The molecule has 0 spiro atoms. The van der Waals surface area contributed by atoms with Gasteiger partial charge in [-0.1, -0.05) is 0 Å². The summed E-state index contributed by atoms with van der Waals surface area (Å²) in [6.07, 6.45) is 0.179. The summed E-state index contributed by atoms with van der Waals surface area (Å²) in [4.78, 5) is 13.6. The van der Waals surface area contributed by atoms with Gasteiger partial charge < -0.3 is 0 Å². The molecule has 0 saturated heterocycles. The zero-order valence-corrected chi connectivity index (χ0v) is 22.7. The predicted molar refractivity (Wildman–Crippen MR) is 141 cm³/mol. The molecule has 1 aliphatic heterocycles. The number of carboxylic acids is 1. The molecule has 0 radical (unpaired) electrons. The fourth-order valence-electron chi connectivity index (χ4n) is 4.61. The van der Waals surface area contributed by atoms with Crippen molar-refractivity contribution in [2.75, 3.05) is 24.3 Å². The predicted octanol–water partition coefficient (Wildman–Crippen LogP) is 2.78. The van der Waals surface area contributed by atoms with Crippen molar-refractivity contribution >= 4 is 68.6 Å². The third-order valence-electron chi connectivity index (χ3n) is 6.21. The fraction of sp³-hybridized carbons (Fsp3) is 0.231. The average molecular weight is 589 g/mol. The molecular formula is C26H25N2O7SSe+. The summed E-state index contributed by atoms with van der Waals surface area (Å²) in [5, 5.41) is 11.6. The number of ether oxygens (including phenoxy) is 1. The molecule has 1 aromatic heterocycles. The van der Waals surface area contributed by atoms with E-state index in [9.17, 15) is 22.9 Å². The topological polar surface area (TPSA) is 121 Å². The molecule has 2 N–H and O–H groups in total. The molecule has 11 heteroatoms. The zero-order valence-electron chi connectivity index (χ0n) is 20.2. The molecule has 0 unspecified atom stereocenters. The molecule has 0 amide bonds. The number of nitrogens with zero attached hydrogens (tertiary/aromatic N) is 2. The van der Waals surface area contributed by atoms with E-state index in [2.05, 4.69) is 0 Å². The molecule has 0 fully saturated rings. The zero-order chi connectivity index (χ0) is 26.3. The summed E-state index contributed by atoms with van der Waals surface area (Å²) in [5.41, 5.74) is 3.01. The molecule has 9 nitrogen and oxygen atoms in total. The molecule has 1 aliphatic rings. The Morgan fingerprint density at radius 1 is 1.16 bits per heavy atom. The molecule has 0 atom stereocenters. The van der Waals surface area contributed by atoms with Crippen molar-refractivity contribution in [1.82, 2.24) is 0 Å². The van der Waals surface area contributed by atoms with Crippen LogP contribution in [0, 0.1) is 0 Å². The van der Waals surface area contributed by atoms with Gasteiger partial charge in [0, 0.05) is 0 Å². The van der Waals surface area contributed by atoms with Crippen molar-refractivity contribution in [3.8, 4) is 5.75 Å². The number of aliphatic carboxylic acids is 1. The number of oxazole rings is 1. The van der Waals surface area contributed by atoms with E-state index in [4.69, 9.17) is 9.15 Å². The van der Waals surface area contributed by atoms with Crippen LogP contribution < -0.4 is 18.7 Å². The number of carbonyl (C=O) groups is 1. The van der Waals surface area contributed by atoms with Crippen molar-refractivity contribution in [1.29, 1.82) is 0 Å². The van der Waals surface area contributed by atoms with Gasteiger partial charge in [-0.05, 0) is 0 Å². The van der Waals surface area contributed by atoms with Gasteiger partial charge in [0.1, 0.15) is 0 Å². The number of aromatic nitrogens is 1. The van der Waals surface area contributed by atoms with Crippen molar-refractivity contribution in [2.45, 2.75) is 19.9 Å². The maximum absolute atomic E-state index is 11.8. The standard InChI is InChI=1S/C26H24N2O7SSe/c1-16(26-28(15-23(29)30)20-14-18(34-2)9-11-22(20)37-26)25-27(12-5-13-36(31,32)33)24-19-7-4-3-6-17(19)8-10-21(24)35-25/h3-4,6-11,14H,5,12-13,15H2,1-2H3,(H-,29,30,31,32,33)/p+1. The van der Waals surface area contributed by atoms with Crippen LogP contribution in [0.15, 0.2) is 63.6 Å². The Morgan fingerprint density at radius 2 is 1.95 bits per heavy atom. The monoisotopic (exact) mass is 589 g/mol. The first-order chi connectivity index (χ1) is 17.7.